The van der Waals surface area contributed by atoms with Gasteiger partial charge in [0.1, 0.15) is 5.69 Å². The molecule has 2 heterocycles. The number of fused-ring (bicyclic) bond motifs is 1. The van der Waals surface area contributed by atoms with Crippen LogP contribution < -0.4 is 0 Å². The molecule has 0 fully saturated rings. The number of hydrogen-bond acceptors (Lipinski definition) is 2. The fourth-order valence-electron chi connectivity index (χ4n) is 2.04. The molecule has 0 bridgehead atoms. The van der Waals surface area contributed by atoms with Crippen molar-refractivity contribution in [1.29, 1.82) is 0 Å². The summed E-state index contributed by atoms with van der Waals surface area (Å²) in [6.45, 7) is 2.00. The van der Waals surface area contributed by atoms with Crippen LogP contribution in [0.1, 0.15) is 5.69 Å². The Morgan fingerprint density at radius 2 is 1.65 bits per heavy atom. The van der Waals surface area contributed by atoms with Gasteiger partial charge >= 0.3 is 0 Å². The molecule has 3 heteroatoms. The summed E-state index contributed by atoms with van der Waals surface area (Å²) in [6, 6.07) is 12.0. The van der Waals surface area contributed by atoms with E-state index in [0.717, 1.165) is 28.1 Å². The van der Waals surface area contributed by atoms with Gasteiger partial charge in [-0.1, -0.05) is 12.1 Å². The summed E-state index contributed by atoms with van der Waals surface area (Å²) in [5, 5.41) is 0. The third-order valence-electron chi connectivity index (χ3n) is 2.93. The van der Waals surface area contributed by atoms with Crippen molar-refractivity contribution < 1.29 is 0 Å². The Morgan fingerprint density at radius 3 is 2.29 bits per heavy atom. The Kier molecular flexibility index (Phi) is 2.18. The SMILES string of the molecule is Cc1nc2ccccc2nc1-c1cccn1C. The fraction of sp³-hybridized carbons (Fsp3) is 0.143. The third-order valence-corrected chi connectivity index (χ3v) is 2.93. The molecule has 3 aromatic rings. The maximum absolute atomic E-state index is 4.69. The van der Waals surface area contributed by atoms with Crippen LogP contribution in [0.4, 0.5) is 0 Å². The van der Waals surface area contributed by atoms with Crippen LogP contribution >= 0.6 is 0 Å². The van der Waals surface area contributed by atoms with Crippen molar-refractivity contribution in [1.82, 2.24) is 14.5 Å². The van der Waals surface area contributed by atoms with Gasteiger partial charge in [-0.25, -0.2) is 9.97 Å². The van der Waals surface area contributed by atoms with Gasteiger partial charge in [0.2, 0.25) is 0 Å². The summed E-state index contributed by atoms with van der Waals surface area (Å²) in [7, 11) is 2.02. The quantitative estimate of drug-likeness (QED) is 0.635. The Hall–Kier alpha value is -2.16. The number of aryl methyl sites for hydroxylation is 2. The van der Waals surface area contributed by atoms with Crippen LogP contribution in [0.25, 0.3) is 22.4 Å². The first-order valence-electron chi connectivity index (χ1n) is 5.61. The molecule has 0 N–H and O–H groups in total. The van der Waals surface area contributed by atoms with E-state index in [-0.39, 0.29) is 0 Å². The van der Waals surface area contributed by atoms with Gasteiger partial charge < -0.3 is 4.57 Å². The molecule has 2 aromatic heterocycles. The van der Waals surface area contributed by atoms with Crippen LogP contribution in [0.5, 0.6) is 0 Å². The monoisotopic (exact) mass is 223 g/mol. The summed E-state index contributed by atoms with van der Waals surface area (Å²) in [5.41, 5.74) is 4.90. The lowest BCUT2D eigenvalue weighted by molar-refractivity contribution is 0.927. The van der Waals surface area contributed by atoms with Crippen LogP contribution in [0, 0.1) is 6.92 Å². The molecule has 0 atom stereocenters. The highest BCUT2D eigenvalue weighted by atomic mass is 15.0. The smallest absolute Gasteiger partial charge is 0.109 e. The Balaban J connectivity index is 2.30. The zero-order valence-electron chi connectivity index (χ0n) is 9.88. The highest BCUT2D eigenvalue weighted by Gasteiger charge is 2.09. The van der Waals surface area contributed by atoms with Crippen molar-refractivity contribution >= 4 is 11.0 Å². The number of benzene rings is 1. The topological polar surface area (TPSA) is 30.7 Å². The molecule has 0 amide bonds. The van der Waals surface area contributed by atoms with Crippen molar-refractivity contribution in [2.75, 3.05) is 0 Å². The van der Waals surface area contributed by atoms with Crippen molar-refractivity contribution in [3.8, 4) is 11.4 Å². The van der Waals surface area contributed by atoms with Gasteiger partial charge in [0.15, 0.2) is 0 Å². The van der Waals surface area contributed by atoms with Crippen molar-refractivity contribution in [3.63, 3.8) is 0 Å². The molecule has 0 radical (unpaired) electrons. The molecule has 0 aliphatic carbocycles. The van der Waals surface area contributed by atoms with E-state index in [1.807, 2.05) is 50.5 Å². The van der Waals surface area contributed by atoms with E-state index in [2.05, 4.69) is 15.6 Å². The second kappa shape index (κ2) is 3.70. The molecule has 0 aliphatic heterocycles. The lowest BCUT2D eigenvalue weighted by atomic mass is 10.2. The zero-order valence-corrected chi connectivity index (χ0v) is 9.88. The van der Waals surface area contributed by atoms with Gasteiger partial charge in [0, 0.05) is 13.2 Å². The number of para-hydroxylation sites is 2. The minimum atomic E-state index is 0.939. The summed E-state index contributed by atoms with van der Waals surface area (Å²) < 4.78 is 2.06. The Bertz CT molecular complexity index is 683. The number of aromatic nitrogens is 3. The van der Waals surface area contributed by atoms with Crippen LogP contribution in [-0.2, 0) is 7.05 Å². The normalized spacial score (nSPS) is 10.9. The fourth-order valence-corrected chi connectivity index (χ4v) is 2.04. The lowest BCUT2D eigenvalue weighted by Crippen LogP contribution is -1.98. The largest absolute Gasteiger partial charge is 0.349 e. The predicted octanol–water partition coefficient (Wildman–Crippen LogP) is 2.94. The van der Waals surface area contributed by atoms with E-state index < -0.39 is 0 Å². The van der Waals surface area contributed by atoms with Gasteiger partial charge in [0.05, 0.1) is 22.4 Å². The standard InChI is InChI=1S/C14H13N3/c1-10-14(13-8-5-9-17(13)2)16-12-7-4-3-6-11(12)15-10/h3-9H,1-2H3. The maximum Gasteiger partial charge on any atom is 0.109 e. The number of rotatable bonds is 1. The van der Waals surface area contributed by atoms with Crippen LogP contribution in [0.3, 0.4) is 0 Å². The molecular formula is C14H13N3. The first-order chi connectivity index (χ1) is 8.25. The molecular weight excluding hydrogens is 210 g/mol. The van der Waals surface area contributed by atoms with Crippen molar-refractivity contribution in [2.24, 2.45) is 7.05 Å². The molecule has 0 aliphatic rings. The molecule has 17 heavy (non-hydrogen) atoms. The van der Waals surface area contributed by atoms with Crippen molar-refractivity contribution in [3.05, 3.63) is 48.3 Å². The molecule has 0 spiro atoms. The molecule has 0 saturated carbocycles. The second-order valence-corrected chi connectivity index (χ2v) is 4.15. The van der Waals surface area contributed by atoms with Crippen molar-refractivity contribution in [2.45, 2.75) is 6.92 Å². The highest BCUT2D eigenvalue weighted by molar-refractivity contribution is 5.77. The van der Waals surface area contributed by atoms with Crippen LogP contribution in [0.15, 0.2) is 42.6 Å². The number of hydrogen-bond donors (Lipinski definition) is 0. The summed E-state index contributed by atoms with van der Waals surface area (Å²) in [4.78, 5) is 9.29. The van der Waals surface area contributed by atoms with Gasteiger partial charge in [-0.15, -0.1) is 0 Å². The van der Waals surface area contributed by atoms with E-state index in [1.54, 1.807) is 0 Å². The highest BCUT2D eigenvalue weighted by Crippen LogP contribution is 2.22. The number of nitrogens with zero attached hydrogens (tertiary/aromatic N) is 3. The van der Waals surface area contributed by atoms with Gasteiger partial charge in [-0.3, -0.25) is 0 Å². The molecule has 3 rings (SSSR count). The van der Waals surface area contributed by atoms with E-state index in [4.69, 9.17) is 4.98 Å². The van der Waals surface area contributed by atoms with E-state index in [9.17, 15) is 0 Å². The summed E-state index contributed by atoms with van der Waals surface area (Å²) in [5.74, 6) is 0. The van der Waals surface area contributed by atoms with Gasteiger partial charge in [-0.2, -0.15) is 0 Å². The van der Waals surface area contributed by atoms with E-state index in [1.165, 1.54) is 0 Å². The predicted molar refractivity (Wildman–Crippen MR) is 68.7 cm³/mol. The molecule has 1 aromatic carbocycles. The average Bonchev–Trinajstić information content (AvgIpc) is 2.74. The van der Waals surface area contributed by atoms with E-state index >= 15 is 0 Å². The summed E-state index contributed by atoms with van der Waals surface area (Å²) >= 11 is 0. The van der Waals surface area contributed by atoms with E-state index in [0.29, 0.717) is 0 Å². The first-order valence-corrected chi connectivity index (χ1v) is 5.61. The zero-order chi connectivity index (χ0) is 11.8. The summed E-state index contributed by atoms with van der Waals surface area (Å²) in [6.07, 6.45) is 2.02. The van der Waals surface area contributed by atoms with Gasteiger partial charge in [0.25, 0.3) is 0 Å². The second-order valence-electron chi connectivity index (χ2n) is 4.15. The Morgan fingerprint density at radius 1 is 0.941 bits per heavy atom. The molecule has 0 saturated heterocycles. The first kappa shape index (κ1) is 10.0. The minimum absolute atomic E-state index is 0.939. The maximum atomic E-state index is 4.69. The minimum Gasteiger partial charge on any atom is -0.349 e. The molecule has 3 nitrogen and oxygen atoms in total. The van der Waals surface area contributed by atoms with Crippen LogP contribution in [-0.4, -0.2) is 14.5 Å². The van der Waals surface area contributed by atoms with Gasteiger partial charge in [-0.05, 0) is 31.2 Å². The Labute approximate surface area is 99.8 Å². The average molecular weight is 223 g/mol. The van der Waals surface area contributed by atoms with Crippen LogP contribution in [0.2, 0.25) is 0 Å². The molecule has 84 valence electrons. The third kappa shape index (κ3) is 1.60. The lowest BCUT2D eigenvalue weighted by Gasteiger charge is -2.07. The molecule has 0 unspecified atom stereocenters.